The van der Waals surface area contributed by atoms with Gasteiger partial charge in [-0.15, -0.1) is 0 Å². The Labute approximate surface area is 119 Å². The van der Waals surface area contributed by atoms with Crippen molar-refractivity contribution in [3.8, 4) is 0 Å². The van der Waals surface area contributed by atoms with Crippen LogP contribution in [0.5, 0.6) is 0 Å². The Morgan fingerprint density at radius 1 is 1.45 bits per heavy atom. The summed E-state index contributed by atoms with van der Waals surface area (Å²) in [5, 5.41) is 8.93. The lowest BCUT2D eigenvalue weighted by Gasteiger charge is -2.26. The number of rotatable bonds is 7. The first kappa shape index (κ1) is 17.0. The Hall–Kier alpha value is -1.02. The second kappa shape index (κ2) is 7.12. The summed E-state index contributed by atoms with van der Waals surface area (Å²) in [4.78, 5) is -0.389. The SMILES string of the molecule is CCN(C(C)COC)S(=O)(=O)c1ccc(CO)cc1F. The quantitative estimate of drug-likeness (QED) is 0.826. The van der Waals surface area contributed by atoms with Crippen molar-refractivity contribution in [1.29, 1.82) is 0 Å². The zero-order valence-corrected chi connectivity index (χ0v) is 12.7. The van der Waals surface area contributed by atoms with Crippen LogP contribution in [0.15, 0.2) is 23.1 Å². The molecule has 0 aromatic heterocycles. The normalized spacial score (nSPS) is 13.7. The second-order valence-electron chi connectivity index (χ2n) is 4.44. The van der Waals surface area contributed by atoms with Gasteiger partial charge in [-0.2, -0.15) is 4.31 Å². The number of likely N-dealkylation sites (N-methyl/N-ethyl adjacent to an activating group) is 1. The molecule has 0 aliphatic carbocycles. The number of hydrogen-bond acceptors (Lipinski definition) is 4. The fourth-order valence-corrected chi connectivity index (χ4v) is 3.69. The summed E-state index contributed by atoms with van der Waals surface area (Å²) in [5.41, 5.74) is 0.328. The van der Waals surface area contributed by atoms with Crippen LogP contribution in [0.1, 0.15) is 19.4 Å². The largest absolute Gasteiger partial charge is 0.392 e. The van der Waals surface area contributed by atoms with Gasteiger partial charge in [-0.05, 0) is 24.6 Å². The average molecular weight is 305 g/mol. The van der Waals surface area contributed by atoms with Gasteiger partial charge in [0.25, 0.3) is 0 Å². The van der Waals surface area contributed by atoms with Crippen molar-refractivity contribution in [2.24, 2.45) is 0 Å². The van der Waals surface area contributed by atoms with Gasteiger partial charge in [0.2, 0.25) is 10.0 Å². The standard InChI is InChI=1S/C13H20FNO4S/c1-4-15(10(2)9-19-3)20(17,18)13-6-5-11(8-16)7-12(13)14/h5-7,10,16H,4,8-9H2,1-3H3. The Morgan fingerprint density at radius 2 is 2.10 bits per heavy atom. The Balaban J connectivity index is 3.20. The highest BCUT2D eigenvalue weighted by atomic mass is 32.2. The minimum absolute atomic E-state index is 0.216. The van der Waals surface area contributed by atoms with E-state index in [1.54, 1.807) is 13.8 Å². The van der Waals surface area contributed by atoms with Gasteiger partial charge in [-0.25, -0.2) is 12.8 Å². The maximum absolute atomic E-state index is 13.9. The van der Waals surface area contributed by atoms with E-state index in [-0.39, 0.29) is 24.7 Å². The minimum Gasteiger partial charge on any atom is -0.392 e. The van der Waals surface area contributed by atoms with Crippen molar-refractivity contribution in [1.82, 2.24) is 4.31 Å². The van der Waals surface area contributed by atoms with E-state index in [2.05, 4.69) is 0 Å². The third-order valence-corrected chi connectivity index (χ3v) is 5.10. The van der Waals surface area contributed by atoms with Crippen LogP contribution in [0.25, 0.3) is 0 Å². The van der Waals surface area contributed by atoms with E-state index in [1.165, 1.54) is 23.5 Å². The number of ether oxygens (including phenoxy) is 1. The predicted molar refractivity (Wildman–Crippen MR) is 73.2 cm³/mol. The van der Waals surface area contributed by atoms with Crippen LogP contribution < -0.4 is 0 Å². The third-order valence-electron chi connectivity index (χ3n) is 2.98. The van der Waals surface area contributed by atoms with Gasteiger partial charge in [-0.1, -0.05) is 13.0 Å². The van der Waals surface area contributed by atoms with Gasteiger partial charge < -0.3 is 9.84 Å². The van der Waals surface area contributed by atoms with Gasteiger partial charge in [0.05, 0.1) is 13.2 Å². The maximum Gasteiger partial charge on any atom is 0.246 e. The van der Waals surface area contributed by atoms with Crippen molar-refractivity contribution < 1.29 is 22.7 Å². The molecule has 1 rings (SSSR count). The van der Waals surface area contributed by atoms with Gasteiger partial charge in [-0.3, -0.25) is 0 Å². The smallest absolute Gasteiger partial charge is 0.246 e. The van der Waals surface area contributed by atoms with Crippen molar-refractivity contribution in [2.45, 2.75) is 31.4 Å². The topological polar surface area (TPSA) is 66.8 Å². The molecule has 114 valence electrons. The summed E-state index contributed by atoms with van der Waals surface area (Å²) < 4.78 is 45.0. The van der Waals surface area contributed by atoms with Crippen molar-refractivity contribution in [2.75, 3.05) is 20.3 Å². The zero-order chi connectivity index (χ0) is 15.3. The van der Waals surface area contributed by atoms with Crippen LogP contribution in [0.4, 0.5) is 4.39 Å². The number of hydrogen-bond donors (Lipinski definition) is 1. The van der Waals surface area contributed by atoms with Crippen LogP contribution in [0, 0.1) is 5.82 Å². The van der Waals surface area contributed by atoms with Crippen molar-refractivity contribution >= 4 is 10.0 Å². The lowest BCUT2D eigenvalue weighted by atomic mass is 10.2. The van der Waals surface area contributed by atoms with Crippen molar-refractivity contribution in [3.05, 3.63) is 29.6 Å². The summed E-state index contributed by atoms with van der Waals surface area (Å²) in [6.45, 7) is 3.49. The van der Waals surface area contributed by atoms with E-state index in [1.807, 2.05) is 0 Å². The number of aliphatic hydroxyl groups is 1. The van der Waals surface area contributed by atoms with Gasteiger partial charge in [0.15, 0.2) is 0 Å². The molecule has 0 saturated heterocycles. The number of nitrogens with zero attached hydrogens (tertiary/aromatic N) is 1. The molecule has 0 saturated carbocycles. The number of sulfonamides is 1. The van der Waals surface area contributed by atoms with Gasteiger partial charge >= 0.3 is 0 Å². The molecule has 0 heterocycles. The lowest BCUT2D eigenvalue weighted by molar-refractivity contribution is 0.142. The molecular formula is C13H20FNO4S. The predicted octanol–water partition coefficient (Wildman–Crippen LogP) is 1.36. The highest BCUT2D eigenvalue weighted by molar-refractivity contribution is 7.89. The molecule has 0 bridgehead atoms. The van der Waals surface area contributed by atoms with E-state index in [0.29, 0.717) is 5.56 Å². The van der Waals surface area contributed by atoms with Crippen LogP contribution in [0.2, 0.25) is 0 Å². The van der Waals surface area contributed by atoms with E-state index in [9.17, 15) is 12.8 Å². The molecule has 0 aliphatic rings. The van der Waals surface area contributed by atoms with Crippen LogP contribution in [-0.2, 0) is 21.4 Å². The first-order valence-electron chi connectivity index (χ1n) is 6.28. The van der Waals surface area contributed by atoms with E-state index < -0.39 is 21.9 Å². The second-order valence-corrected chi connectivity index (χ2v) is 6.29. The summed E-state index contributed by atoms with van der Waals surface area (Å²) in [5.74, 6) is -0.861. The number of aliphatic hydroxyl groups excluding tert-OH is 1. The molecule has 5 nitrogen and oxygen atoms in total. The fraction of sp³-hybridized carbons (Fsp3) is 0.538. The van der Waals surface area contributed by atoms with Crippen LogP contribution in [0.3, 0.4) is 0 Å². The van der Waals surface area contributed by atoms with Crippen molar-refractivity contribution in [3.63, 3.8) is 0 Å². The minimum atomic E-state index is -3.93. The van der Waals surface area contributed by atoms with Gasteiger partial charge in [0.1, 0.15) is 10.7 Å². The van der Waals surface area contributed by atoms with E-state index in [4.69, 9.17) is 9.84 Å². The highest BCUT2D eigenvalue weighted by Crippen LogP contribution is 2.22. The molecule has 0 spiro atoms. The number of benzene rings is 1. The molecule has 1 aromatic rings. The first-order valence-corrected chi connectivity index (χ1v) is 7.72. The molecule has 1 N–H and O–H groups in total. The molecular weight excluding hydrogens is 285 g/mol. The van der Waals surface area contributed by atoms with E-state index in [0.717, 1.165) is 6.07 Å². The monoisotopic (exact) mass is 305 g/mol. The molecule has 0 fully saturated rings. The Kier molecular flexibility index (Phi) is 6.07. The molecule has 0 amide bonds. The molecule has 7 heteroatoms. The lowest BCUT2D eigenvalue weighted by Crippen LogP contribution is -2.41. The molecule has 1 unspecified atom stereocenters. The van der Waals surface area contributed by atoms with Crippen LogP contribution >= 0.6 is 0 Å². The molecule has 1 aromatic carbocycles. The highest BCUT2D eigenvalue weighted by Gasteiger charge is 2.30. The molecule has 0 radical (unpaired) electrons. The molecule has 20 heavy (non-hydrogen) atoms. The Bertz CT molecular complexity index is 547. The summed E-state index contributed by atoms with van der Waals surface area (Å²) in [7, 11) is -2.45. The van der Waals surface area contributed by atoms with Crippen LogP contribution in [-0.4, -0.2) is 44.1 Å². The fourth-order valence-electron chi connectivity index (χ4n) is 2.02. The van der Waals surface area contributed by atoms with Gasteiger partial charge in [0, 0.05) is 19.7 Å². The zero-order valence-electron chi connectivity index (χ0n) is 11.8. The number of methoxy groups -OCH3 is 1. The average Bonchev–Trinajstić information content (AvgIpc) is 2.38. The molecule has 1 atom stereocenters. The maximum atomic E-state index is 13.9. The molecule has 0 aliphatic heterocycles. The summed E-state index contributed by atoms with van der Waals surface area (Å²) in [6.07, 6.45) is 0. The first-order chi connectivity index (χ1) is 9.38. The Morgan fingerprint density at radius 3 is 2.55 bits per heavy atom. The number of halogens is 1. The summed E-state index contributed by atoms with van der Waals surface area (Å²) >= 11 is 0. The van der Waals surface area contributed by atoms with E-state index >= 15 is 0 Å². The third kappa shape index (κ3) is 3.54. The summed E-state index contributed by atoms with van der Waals surface area (Å²) in [6, 6.07) is 3.21.